The van der Waals surface area contributed by atoms with Crippen molar-refractivity contribution in [2.45, 2.75) is 66.3 Å². The first kappa shape index (κ1) is 27.5. The number of pyridine rings is 2. The molecule has 0 spiro atoms. The monoisotopic (exact) mass is 542 g/mol. The molecule has 40 heavy (non-hydrogen) atoms. The molecule has 2 aromatic heterocycles. The first-order valence-corrected chi connectivity index (χ1v) is 13.5. The van der Waals surface area contributed by atoms with Gasteiger partial charge in [-0.2, -0.15) is 0 Å². The van der Waals surface area contributed by atoms with Gasteiger partial charge in [0.05, 0.1) is 35.5 Å². The van der Waals surface area contributed by atoms with Gasteiger partial charge in [-0.1, -0.05) is 6.07 Å². The number of benzene rings is 2. The van der Waals surface area contributed by atoms with Crippen molar-refractivity contribution < 1.29 is 28.5 Å². The molecule has 0 saturated carbocycles. The second-order valence-electron chi connectivity index (χ2n) is 10.9. The third kappa shape index (κ3) is 5.36. The van der Waals surface area contributed by atoms with Crippen molar-refractivity contribution in [3.8, 4) is 16.9 Å². The normalized spacial score (nSPS) is 13.7. The van der Waals surface area contributed by atoms with E-state index in [1.807, 2.05) is 70.3 Å². The van der Waals surface area contributed by atoms with E-state index in [0.29, 0.717) is 23.4 Å². The number of carbonyl (C=O) groups excluding carboxylic acids is 2. The first-order chi connectivity index (χ1) is 19.1. The number of hydrogen-bond acceptors (Lipinski definition) is 8. The van der Waals surface area contributed by atoms with Gasteiger partial charge in [0.25, 0.3) is 0 Å². The van der Waals surface area contributed by atoms with Crippen LogP contribution in [-0.4, -0.2) is 40.7 Å². The summed E-state index contributed by atoms with van der Waals surface area (Å²) in [6.07, 6.45) is 1.62. The van der Waals surface area contributed by atoms with Crippen LogP contribution in [0.4, 0.5) is 0 Å². The summed E-state index contributed by atoms with van der Waals surface area (Å²) in [6, 6.07) is 11.7. The third-order valence-electron chi connectivity index (χ3n) is 6.80. The molecule has 0 radical (unpaired) electrons. The number of ether oxygens (including phenoxy) is 4. The van der Waals surface area contributed by atoms with Crippen LogP contribution in [0.15, 0.2) is 42.6 Å². The Kier molecular flexibility index (Phi) is 7.47. The Morgan fingerprint density at radius 3 is 2.62 bits per heavy atom. The molecule has 0 bridgehead atoms. The molecule has 8 nitrogen and oxygen atoms in total. The summed E-state index contributed by atoms with van der Waals surface area (Å²) >= 11 is 0. The Hall–Kier alpha value is -4.04. The highest BCUT2D eigenvalue weighted by atomic mass is 16.6. The zero-order valence-electron chi connectivity index (χ0n) is 23.8. The van der Waals surface area contributed by atoms with Crippen LogP contribution < -0.4 is 4.74 Å². The molecule has 0 fully saturated rings. The topological polar surface area (TPSA) is 96.8 Å². The number of aromatic nitrogens is 2. The number of carbonyl (C=O) groups is 2. The molecule has 1 atom stereocenters. The van der Waals surface area contributed by atoms with E-state index in [1.54, 1.807) is 6.92 Å². The molecular weight excluding hydrogens is 508 g/mol. The van der Waals surface area contributed by atoms with Gasteiger partial charge in [-0.25, -0.2) is 9.78 Å². The lowest BCUT2D eigenvalue weighted by atomic mass is 9.86. The van der Waals surface area contributed by atoms with E-state index in [2.05, 4.69) is 0 Å². The fourth-order valence-corrected chi connectivity index (χ4v) is 5.25. The Labute approximate surface area is 233 Å². The zero-order valence-corrected chi connectivity index (χ0v) is 23.8. The van der Waals surface area contributed by atoms with Crippen LogP contribution in [0.5, 0.6) is 5.75 Å². The number of esters is 2. The van der Waals surface area contributed by atoms with Gasteiger partial charge in [0.2, 0.25) is 0 Å². The smallest absolute Gasteiger partial charge is 0.339 e. The highest BCUT2D eigenvalue weighted by Gasteiger charge is 2.34. The highest BCUT2D eigenvalue weighted by molar-refractivity contribution is 6.08. The average molecular weight is 543 g/mol. The molecule has 208 valence electrons. The molecule has 0 amide bonds. The summed E-state index contributed by atoms with van der Waals surface area (Å²) in [4.78, 5) is 34.5. The standard InChI is InChI=1S/C32H34N2O6/c1-7-37-31(36)30(40-32(4,5)6)26-18(2)16-24-22(9-8-21(34-24)17-39-19(3)35)28(26)23-10-11-25-27-20(13-15-38-25)12-14-33-29(23)27/h8-12,14,16,30H,7,13,15,17H2,1-6H3. The average Bonchev–Trinajstić information content (AvgIpc) is 2.90. The Morgan fingerprint density at radius 2 is 1.90 bits per heavy atom. The minimum atomic E-state index is -0.984. The van der Waals surface area contributed by atoms with Crippen LogP contribution in [-0.2, 0) is 36.8 Å². The van der Waals surface area contributed by atoms with Crippen LogP contribution in [0.2, 0.25) is 0 Å². The van der Waals surface area contributed by atoms with Gasteiger partial charge in [-0.15, -0.1) is 0 Å². The Bertz CT molecular complexity index is 1610. The van der Waals surface area contributed by atoms with Crippen molar-refractivity contribution in [2.75, 3.05) is 13.2 Å². The fraction of sp³-hybridized carbons (Fsp3) is 0.375. The van der Waals surface area contributed by atoms with Gasteiger partial charge >= 0.3 is 11.9 Å². The second-order valence-corrected chi connectivity index (χ2v) is 10.9. The lowest BCUT2D eigenvalue weighted by Gasteiger charge is -2.30. The van der Waals surface area contributed by atoms with Crippen molar-refractivity contribution in [1.82, 2.24) is 9.97 Å². The number of fused-ring (bicyclic) bond motifs is 1. The van der Waals surface area contributed by atoms with Gasteiger partial charge in [0, 0.05) is 41.4 Å². The molecule has 3 heterocycles. The van der Waals surface area contributed by atoms with E-state index in [0.717, 1.165) is 45.1 Å². The molecule has 0 saturated heterocycles. The molecule has 4 aromatic rings. The molecule has 0 N–H and O–H groups in total. The summed E-state index contributed by atoms with van der Waals surface area (Å²) in [6.45, 7) is 11.8. The van der Waals surface area contributed by atoms with E-state index in [9.17, 15) is 9.59 Å². The van der Waals surface area contributed by atoms with Gasteiger partial charge in [0.15, 0.2) is 6.10 Å². The van der Waals surface area contributed by atoms with Crippen molar-refractivity contribution in [1.29, 1.82) is 0 Å². The van der Waals surface area contributed by atoms with Crippen LogP contribution in [0.3, 0.4) is 0 Å². The van der Waals surface area contributed by atoms with Crippen LogP contribution in [0.1, 0.15) is 63.1 Å². The van der Waals surface area contributed by atoms with E-state index in [-0.39, 0.29) is 19.2 Å². The maximum Gasteiger partial charge on any atom is 0.339 e. The summed E-state index contributed by atoms with van der Waals surface area (Å²) in [5.74, 6) is -0.0382. The minimum Gasteiger partial charge on any atom is -0.493 e. The molecule has 1 aliphatic rings. The Balaban J connectivity index is 1.84. The van der Waals surface area contributed by atoms with Gasteiger partial charge in [0.1, 0.15) is 12.4 Å². The van der Waals surface area contributed by atoms with Gasteiger partial charge in [-0.3, -0.25) is 9.78 Å². The minimum absolute atomic E-state index is 0.0693. The molecule has 8 heteroatoms. The van der Waals surface area contributed by atoms with Gasteiger partial charge in [-0.05, 0) is 81.6 Å². The number of rotatable bonds is 7. The number of hydrogen-bond donors (Lipinski definition) is 0. The lowest BCUT2D eigenvalue weighted by molar-refractivity contribution is -0.166. The number of nitrogens with zero attached hydrogens (tertiary/aromatic N) is 2. The van der Waals surface area contributed by atoms with Crippen molar-refractivity contribution >= 4 is 33.7 Å². The maximum atomic E-state index is 13.5. The van der Waals surface area contributed by atoms with E-state index < -0.39 is 17.7 Å². The van der Waals surface area contributed by atoms with Crippen LogP contribution in [0, 0.1) is 6.92 Å². The zero-order chi connectivity index (χ0) is 28.6. The van der Waals surface area contributed by atoms with Crippen molar-refractivity contribution in [2.24, 2.45) is 0 Å². The summed E-state index contributed by atoms with van der Waals surface area (Å²) in [7, 11) is 0. The first-order valence-electron chi connectivity index (χ1n) is 13.5. The molecular formula is C32H34N2O6. The van der Waals surface area contributed by atoms with E-state index >= 15 is 0 Å². The second kappa shape index (κ2) is 10.8. The fourth-order valence-electron chi connectivity index (χ4n) is 5.25. The molecule has 0 aliphatic carbocycles. The van der Waals surface area contributed by atoms with Crippen molar-refractivity contribution in [3.05, 3.63) is 65.0 Å². The van der Waals surface area contributed by atoms with Crippen LogP contribution in [0.25, 0.3) is 32.9 Å². The summed E-state index contributed by atoms with van der Waals surface area (Å²) < 4.78 is 23.1. The van der Waals surface area contributed by atoms with E-state index in [1.165, 1.54) is 12.5 Å². The quantitative estimate of drug-likeness (QED) is 0.256. The predicted octanol–water partition coefficient (Wildman–Crippen LogP) is 6.18. The highest BCUT2D eigenvalue weighted by Crippen LogP contribution is 2.45. The SMILES string of the molecule is CCOC(=O)C(OC(C)(C)C)c1c(C)cc2nc(COC(C)=O)ccc2c1-c1ccc2c3c(ccnc13)CCO2. The molecule has 1 aliphatic heterocycles. The maximum absolute atomic E-state index is 13.5. The largest absolute Gasteiger partial charge is 0.493 e. The number of aryl methyl sites for hydroxylation is 1. The predicted molar refractivity (Wildman–Crippen MR) is 152 cm³/mol. The van der Waals surface area contributed by atoms with E-state index in [4.69, 9.17) is 28.9 Å². The summed E-state index contributed by atoms with van der Waals surface area (Å²) in [5.41, 5.74) is 5.81. The summed E-state index contributed by atoms with van der Waals surface area (Å²) in [5, 5.41) is 1.79. The Morgan fingerprint density at radius 1 is 1.10 bits per heavy atom. The molecule has 5 rings (SSSR count). The van der Waals surface area contributed by atoms with Crippen LogP contribution >= 0.6 is 0 Å². The lowest BCUT2D eigenvalue weighted by Crippen LogP contribution is -2.29. The third-order valence-corrected chi connectivity index (χ3v) is 6.80. The van der Waals surface area contributed by atoms with Gasteiger partial charge < -0.3 is 18.9 Å². The molecule has 2 aromatic carbocycles. The van der Waals surface area contributed by atoms with Crippen molar-refractivity contribution in [3.63, 3.8) is 0 Å². The molecule has 1 unspecified atom stereocenters.